The first kappa shape index (κ1) is 25.3. The van der Waals surface area contributed by atoms with E-state index in [-0.39, 0.29) is 5.92 Å². The van der Waals surface area contributed by atoms with E-state index in [9.17, 15) is 13.2 Å². The number of fused-ring (bicyclic) bond motifs is 1. The molecule has 0 radical (unpaired) electrons. The molecule has 0 aliphatic heterocycles. The number of hydrogen-bond acceptors (Lipinski definition) is 2. The monoisotopic (exact) mass is 446 g/mol. The smallest absolute Gasteiger partial charge is 0.157 e. The molecule has 3 fully saturated rings. The molecule has 0 heterocycles. The third kappa shape index (κ3) is 6.40. The highest BCUT2D eigenvalue weighted by atomic mass is 19.2. The third-order valence-corrected chi connectivity index (χ3v) is 8.64. The van der Waals surface area contributed by atoms with Crippen molar-refractivity contribution < 1.29 is 22.6 Å². The van der Waals surface area contributed by atoms with Crippen molar-refractivity contribution in [3.8, 4) is 0 Å². The van der Waals surface area contributed by atoms with Crippen molar-refractivity contribution >= 4 is 0 Å². The molecule has 3 saturated carbocycles. The molecule has 0 spiro atoms. The van der Waals surface area contributed by atoms with E-state index >= 15 is 0 Å². The fourth-order valence-corrected chi connectivity index (χ4v) is 6.69. The van der Waals surface area contributed by atoms with Gasteiger partial charge in [-0.15, -0.1) is 0 Å². The summed E-state index contributed by atoms with van der Waals surface area (Å²) < 4.78 is 55.1. The fourth-order valence-electron chi connectivity index (χ4n) is 6.69. The summed E-state index contributed by atoms with van der Waals surface area (Å²) in [5, 5.41) is 0. The molecule has 3 rings (SSSR count). The summed E-state index contributed by atoms with van der Waals surface area (Å²) in [6.07, 6.45) is 6.64. The van der Waals surface area contributed by atoms with Crippen LogP contribution in [-0.4, -0.2) is 44.4 Å². The highest BCUT2D eigenvalue weighted by Crippen LogP contribution is 2.46. The first-order chi connectivity index (χ1) is 15.0. The van der Waals surface area contributed by atoms with Gasteiger partial charge >= 0.3 is 0 Å². The predicted octanol–water partition coefficient (Wildman–Crippen LogP) is 7.24. The van der Waals surface area contributed by atoms with Crippen LogP contribution >= 0.6 is 0 Å². The van der Waals surface area contributed by atoms with Gasteiger partial charge in [-0.3, -0.25) is 0 Å². The number of unbranched alkanes of at least 4 members (excludes halogenated alkanes) is 1. The Hall–Kier alpha value is -0.290. The molecule has 3 aliphatic rings. The van der Waals surface area contributed by atoms with Crippen LogP contribution in [0.25, 0.3) is 0 Å². The highest BCUT2D eigenvalue weighted by molar-refractivity contribution is 5.01. The molecule has 5 heteroatoms. The van der Waals surface area contributed by atoms with Crippen LogP contribution < -0.4 is 0 Å². The van der Waals surface area contributed by atoms with Crippen molar-refractivity contribution in [1.29, 1.82) is 0 Å². The van der Waals surface area contributed by atoms with E-state index < -0.39 is 36.6 Å². The minimum Gasteiger partial charge on any atom is -0.378 e. The molecule has 2 nitrogen and oxygen atoms in total. The average molecular weight is 447 g/mol. The van der Waals surface area contributed by atoms with Gasteiger partial charge in [-0.1, -0.05) is 52.4 Å². The van der Waals surface area contributed by atoms with E-state index in [0.29, 0.717) is 25.9 Å². The lowest BCUT2D eigenvalue weighted by atomic mass is 9.66. The molecular weight excluding hydrogens is 401 g/mol. The molecule has 0 amide bonds. The van der Waals surface area contributed by atoms with Gasteiger partial charge in [0, 0.05) is 19.6 Å². The Bertz CT molecular complexity index is 509. The lowest BCUT2D eigenvalue weighted by Gasteiger charge is -2.46. The maximum absolute atomic E-state index is 14.8. The number of rotatable bonds is 10. The molecule has 31 heavy (non-hydrogen) atoms. The van der Waals surface area contributed by atoms with Gasteiger partial charge in [-0.2, -0.15) is 0 Å². The Labute approximate surface area is 188 Å². The molecule has 182 valence electrons. The Morgan fingerprint density at radius 2 is 1.58 bits per heavy atom. The van der Waals surface area contributed by atoms with E-state index in [1.807, 2.05) is 0 Å². The molecule has 0 aromatic heterocycles. The summed E-state index contributed by atoms with van der Waals surface area (Å²) in [5.41, 5.74) is 0. The van der Waals surface area contributed by atoms with Gasteiger partial charge in [0.05, 0.1) is 12.2 Å². The quantitative estimate of drug-likeness (QED) is 0.329. The van der Waals surface area contributed by atoms with E-state index in [1.54, 1.807) is 0 Å². The number of methoxy groups -OCH3 is 1. The van der Waals surface area contributed by atoms with Crippen LogP contribution in [-0.2, 0) is 9.47 Å². The lowest BCUT2D eigenvalue weighted by molar-refractivity contribution is -0.146. The Kier molecular flexibility index (Phi) is 10.0. The third-order valence-electron chi connectivity index (χ3n) is 8.64. The highest BCUT2D eigenvalue weighted by Gasteiger charge is 2.53. The second-order valence-electron chi connectivity index (χ2n) is 10.7. The van der Waals surface area contributed by atoms with Crippen molar-refractivity contribution in [3.05, 3.63) is 0 Å². The molecule has 0 aromatic rings. The normalized spacial score (nSPS) is 42.2. The van der Waals surface area contributed by atoms with Crippen LogP contribution in [0.5, 0.6) is 0 Å². The van der Waals surface area contributed by atoms with Gasteiger partial charge in [0.25, 0.3) is 0 Å². The zero-order chi connectivity index (χ0) is 22.4. The summed E-state index contributed by atoms with van der Waals surface area (Å²) in [6, 6.07) is 0. The zero-order valence-electron chi connectivity index (χ0n) is 19.9. The molecule has 8 atom stereocenters. The van der Waals surface area contributed by atoms with Gasteiger partial charge in [0.15, 0.2) is 6.17 Å². The number of ether oxygens (including phenoxy) is 2. The van der Waals surface area contributed by atoms with Gasteiger partial charge in [-0.25, -0.2) is 13.2 Å². The maximum atomic E-state index is 14.8. The Balaban J connectivity index is 1.40. The van der Waals surface area contributed by atoms with Gasteiger partial charge in [0.1, 0.15) is 12.3 Å². The Morgan fingerprint density at radius 3 is 2.26 bits per heavy atom. The van der Waals surface area contributed by atoms with Crippen LogP contribution in [0, 0.1) is 29.6 Å². The zero-order valence-corrected chi connectivity index (χ0v) is 19.9. The fraction of sp³-hybridized carbons (Fsp3) is 1.00. The van der Waals surface area contributed by atoms with E-state index in [2.05, 4.69) is 13.8 Å². The second kappa shape index (κ2) is 12.3. The van der Waals surface area contributed by atoms with Crippen molar-refractivity contribution in [2.45, 2.75) is 122 Å². The molecule has 8 unspecified atom stereocenters. The van der Waals surface area contributed by atoms with E-state index in [4.69, 9.17) is 9.47 Å². The summed E-state index contributed by atoms with van der Waals surface area (Å²) in [6.45, 7) is 5.12. The molecule has 0 saturated heterocycles. The minimum absolute atomic E-state index is 0.143. The molecule has 0 aromatic carbocycles. The summed E-state index contributed by atoms with van der Waals surface area (Å²) in [5.74, 6) is 1.52. The van der Waals surface area contributed by atoms with Crippen molar-refractivity contribution in [3.63, 3.8) is 0 Å². The van der Waals surface area contributed by atoms with Crippen LogP contribution in [0.1, 0.15) is 90.9 Å². The van der Waals surface area contributed by atoms with Gasteiger partial charge in [-0.05, 0) is 62.2 Å². The van der Waals surface area contributed by atoms with Crippen molar-refractivity contribution in [1.82, 2.24) is 0 Å². The van der Waals surface area contributed by atoms with Crippen molar-refractivity contribution in [2.75, 3.05) is 13.7 Å². The summed E-state index contributed by atoms with van der Waals surface area (Å²) in [4.78, 5) is 0. The van der Waals surface area contributed by atoms with Crippen LogP contribution in [0.4, 0.5) is 13.2 Å². The largest absolute Gasteiger partial charge is 0.378 e. The predicted molar refractivity (Wildman–Crippen MR) is 119 cm³/mol. The maximum Gasteiger partial charge on any atom is 0.157 e. The number of halogens is 3. The van der Waals surface area contributed by atoms with Gasteiger partial charge < -0.3 is 9.47 Å². The molecule has 0 bridgehead atoms. The summed E-state index contributed by atoms with van der Waals surface area (Å²) in [7, 11) is 1.45. The van der Waals surface area contributed by atoms with E-state index in [0.717, 1.165) is 30.6 Å². The lowest BCUT2D eigenvalue weighted by Crippen LogP contribution is -2.55. The molecule has 3 aliphatic carbocycles. The SMILES string of the molecule is CCCC(CCCCOC1CC2CCC(OC)C(F)C2C(F)C1F)C1CCC(C)CC1. The number of alkyl halides is 3. The standard InChI is InChI=1S/C26H45F3O2/c1-4-7-18(19-11-9-17(2)10-12-19)8-5-6-15-31-22-16-20-13-14-21(30-3)24(27)23(20)26(29)25(22)28/h17-26H,4-16H2,1-3H3. The average Bonchev–Trinajstić information content (AvgIpc) is 2.76. The first-order valence-corrected chi connectivity index (χ1v) is 13.0. The Morgan fingerprint density at radius 1 is 0.839 bits per heavy atom. The van der Waals surface area contributed by atoms with Gasteiger partial charge in [0.2, 0.25) is 0 Å². The topological polar surface area (TPSA) is 18.5 Å². The van der Waals surface area contributed by atoms with Crippen LogP contribution in [0.15, 0.2) is 0 Å². The minimum atomic E-state index is -1.79. The van der Waals surface area contributed by atoms with Crippen LogP contribution in [0.2, 0.25) is 0 Å². The second-order valence-corrected chi connectivity index (χ2v) is 10.7. The first-order valence-electron chi connectivity index (χ1n) is 13.0. The van der Waals surface area contributed by atoms with Crippen LogP contribution in [0.3, 0.4) is 0 Å². The van der Waals surface area contributed by atoms with Crippen molar-refractivity contribution in [2.24, 2.45) is 29.6 Å². The summed E-state index contributed by atoms with van der Waals surface area (Å²) >= 11 is 0. The molecule has 0 N–H and O–H groups in total. The molecular formula is C26H45F3O2. The van der Waals surface area contributed by atoms with E-state index in [1.165, 1.54) is 52.1 Å². The number of hydrogen-bond donors (Lipinski definition) is 0.